The number of hydrogen-bond donors (Lipinski definition) is 0. The molecule has 1 saturated heterocycles. The zero-order valence-corrected chi connectivity index (χ0v) is 9.96. The minimum absolute atomic E-state index is 0. The molecule has 2 nitrogen and oxygen atoms in total. The summed E-state index contributed by atoms with van der Waals surface area (Å²) < 4.78 is 0.618. The van der Waals surface area contributed by atoms with Gasteiger partial charge in [-0.1, -0.05) is 7.43 Å². The van der Waals surface area contributed by atoms with Crippen molar-refractivity contribution in [2.75, 3.05) is 27.2 Å². The third kappa shape index (κ3) is 3.19. The maximum atomic E-state index is 2.44. The second-order valence-electron chi connectivity index (χ2n) is 2.27. The van der Waals surface area contributed by atoms with Gasteiger partial charge < -0.3 is 24.0 Å². The fourth-order valence-corrected chi connectivity index (χ4v) is 1.42. The fraction of sp³-hybridized carbons (Fsp3) is 1.00. The van der Waals surface area contributed by atoms with Gasteiger partial charge in [0.05, 0.1) is 0 Å². The van der Waals surface area contributed by atoms with Crippen molar-refractivity contribution in [3.8, 4) is 0 Å². The van der Waals surface area contributed by atoms with E-state index in [2.05, 4.69) is 46.5 Å². The first-order valence-electron chi connectivity index (χ1n) is 2.76. The van der Waals surface area contributed by atoms with Crippen LogP contribution in [0.1, 0.15) is 7.43 Å². The monoisotopic (exact) mass is 369 g/mol. The lowest BCUT2D eigenvalue weighted by Crippen LogP contribution is -3.00. The van der Waals surface area contributed by atoms with Crippen molar-refractivity contribution < 1.29 is 24.0 Å². The lowest BCUT2D eigenvalue weighted by Gasteiger charge is -2.16. The highest BCUT2D eigenvalue weighted by Gasteiger charge is 2.22. The maximum absolute atomic E-state index is 2.44. The third-order valence-corrected chi connectivity index (χ3v) is 3.43. The average molecular weight is 369 g/mol. The van der Waals surface area contributed by atoms with Crippen molar-refractivity contribution in [2.24, 2.45) is 0 Å². The number of hydrogen-bond acceptors (Lipinski definition) is 2. The van der Waals surface area contributed by atoms with E-state index in [9.17, 15) is 0 Å². The second kappa shape index (κ2) is 5.96. The topological polar surface area (TPSA) is 6.48 Å². The minimum atomic E-state index is 0. The molecule has 0 aromatic rings. The number of likely N-dealkylation sites (N-methyl/N-ethyl adjacent to an activating group) is 2. The van der Waals surface area contributed by atoms with Crippen LogP contribution in [0.25, 0.3) is 0 Å². The summed E-state index contributed by atoms with van der Waals surface area (Å²) in [4.78, 5) is 4.67. The van der Waals surface area contributed by atoms with Crippen LogP contribution in [-0.4, -0.2) is 41.2 Å². The zero-order valence-electron chi connectivity index (χ0n) is 5.64. The van der Waals surface area contributed by atoms with Crippen molar-refractivity contribution in [2.45, 2.75) is 11.6 Å². The van der Waals surface area contributed by atoms with Crippen LogP contribution in [0.2, 0.25) is 0 Å². The molecule has 64 valence electrons. The van der Waals surface area contributed by atoms with Crippen molar-refractivity contribution in [3.63, 3.8) is 0 Å². The van der Waals surface area contributed by atoms with Gasteiger partial charge in [0.1, 0.15) is 4.17 Å². The van der Waals surface area contributed by atoms with Crippen LogP contribution in [0.4, 0.5) is 0 Å². The Bertz CT molecular complexity index is 79.8. The Morgan fingerprint density at radius 2 is 1.50 bits per heavy atom. The lowest BCUT2D eigenvalue weighted by molar-refractivity contribution is -0.00000205. The second-order valence-corrected chi connectivity index (χ2v) is 3.39. The zero-order chi connectivity index (χ0) is 6.15. The van der Waals surface area contributed by atoms with Crippen molar-refractivity contribution in [1.29, 1.82) is 0 Å². The molecule has 0 amide bonds. The number of nitrogens with zero attached hydrogens (tertiary/aromatic N) is 2. The smallest absolute Gasteiger partial charge is 0.115 e. The molecule has 0 aliphatic carbocycles. The summed E-state index contributed by atoms with van der Waals surface area (Å²) in [6.45, 7) is 2.42. The Kier molecular flexibility index (Phi) is 8.30. The van der Waals surface area contributed by atoms with Crippen molar-refractivity contribution >= 4 is 22.6 Å². The maximum Gasteiger partial charge on any atom is 0.115 e. The van der Waals surface area contributed by atoms with Crippen LogP contribution in [0, 0.1) is 0 Å². The van der Waals surface area contributed by atoms with Crippen LogP contribution < -0.4 is 24.0 Å². The number of halogens is 2. The van der Waals surface area contributed by atoms with Crippen molar-refractivity contribution in [3.05, 3.63) is 0 Å². The first kappa shape index (κ1) is 13.9. The molecular weight excluding hydrogens is 354 g/mol. The molecule has 0 N–H and O–H groups in total. The highest BCUT2D eigenvalue weighted by molar-refractivity contribution is 14.1. The summed E-state index contributed by atoms with van der Waals surface area (Å²) in [6.07, 6.45) is 0. The van der Waals surface area contributed by atoms with Gasteiger partial charge in [0.2, 0.25) is 0 Å². The van der Waals surface area contributed by atoms with Crippen LogP contribution in [0.3, 0.4) is 0 Å². The Morgan fingerprint density at radius 1 is 1.20 bits per heavy atom. The van der Waals surface area contributed by atoms with E-state index >= 15 is 0 Å². The predicted octanol–water partition coefficient (Wildman–Crippen LogP) is -1.78. The summed E-state index contributed by atoms with van der Waals surface area (Å²) in [5.74, 6) is 0. The molecule has 1 aliphatic rings. The van der Waals surface area contributed by atoms with E-state index in [0.717, 1.165) is 0 Å². The summed E-state index contributed by atoms with van der Waals surface area (Å²) in [7, 11) is 4.31. The van der Waals surface area contributed by atoms with Crippen molar-refractivity contribution in [1.82, 2.24) is 9.80 Å². The molecule has 0 radical (unpaired) electrons. The normalized spacial score (nSPS) is 21.9. The van der Waals surface area contributed by atoms with Gasteiger partial charge >= 0.3 is 0 Å². The molecule has 0 saturated carbocycles. The van der Waals surface area contributed by atoms with Gasteiger partial charge in [-0.2, -0.15) is 0 Å². The quantitative estimate of drug-likeness (QED) is 0.283. The van der Waals surface area contributed by atoms with E-state index in [4.69, 9.17) is 0 Å². The van der Waals surface area contributed by atoms with Crippen LogP contribution in [0.15, 0.2) is 0 Å². The number of rotatable bonds is 0. The molecule has 0 atom stereocenters. The molecule has 0 aromatic carbocycles. The summed E-state index contributed by atoms with van der Waals surface area (Å²) in [6, 6.07) is 0. The van der Waals surface area contributed by atoms with E-state index in [-0.39, 0.29) is 31.4 Å². The third-order valence-electron chi connectivity index (χ3n) is 1.53. The van der Waals surface area contributed by atoms with Crippen LogP contribution >= 0.6 is 22.6 Å². The lowest BCUT2D eigenvalue weighted by atomic mass is 10.6. The summed E-state index contributed by atoms with van der Waals surface area (Å²) in [5, 5.41) is 0. The Hall–Kier alpha value is 1.38. The van der Waals surface area contributed by atoms with E-state index in [1.165, 1.54) is 13.1 Å². The van der Waals surface area contributed by atoms with Gasteiger partial charge in [-0.25, -0.2) is 0 Å². The molecule has 1 fully saturated rings. The van der Waals surface area contributed by atoms with Gasteiger partial charge in [0.15, 0.2) is 0 Å². The molecule has 0 aromatic heterocycles. The Labute approximate surface area is 94.5 Å². The SMILES string of the molecule is C.CN1CCN(C)C1I.[I-]. The van der Waals surface area contributed by atoms with Gasteiger partial charge in [-0.3, -0.25) is 9.80 Å². The average Bonchev–Trinajstić information content (AvgIpc) is 1.98. The first-order valence-corrected chi connectivity index (χ1v) is 4.01. The summed E-state index contributed by atoms with van der Waals surface area (Å²) in [5.41, 5.74) is 0. The van der Waals surface area contributed by atoms with Gasteiger partial charge in [0.25, 0.3) is 0 Å². The van der Waals surface area contributed by atoms with Gasteiger partial charge in [-0.15, -0.1) is 0 Å². The Morgan fingerprint density at radius 3 is 1.60 bits per heavy atom. The molecule has 0 spiro atoms. The molecule has 0 bridgehead atoms. The minimum Gasteiger partial charge on any atom is -1.00 e. The standard InChI is InChI=1S/C5H11IN2.CH4.HI/c1-7-3-4-8(2)5(7)6;;/h5H,3-4H2,1-2H3;1H4;1H/p-1. The molecular formula is C6H15I2N2-. The molecule has 10 heavy (non-hydrogen) atoms. The molecule has 1 aliphatic heterocycles. The predicted molar refractivity (Wildman–Crippen MR) is 49.8 cm³/mol. The molecule has 1 heterocycles. The first-order chi connectivity index (χ1) is 3.72. The molecule has 1 rings (SSSR count). The van der Waals surface area contributed by atoms with E-state index < -0.39 is 0 Å². The fourth-order valence-electron chi connectivity index (χ4n) is 0.865. The largest absolute Gasteiger partial charge is 1.00 e. The van der Waals surface area contributed by atoms with E-state index in [0.29, 0.717) is 4.17 Å². The highest BCUT2D eigenvalue weighted by atomic mass is 127. The number of alkyl halides is 1. The van der Waals surface area contributed by atoms with Gasteiger partial charge in [0, 0.05) is 13.1 Å². The highest BCUT2D eigenvalue weighted by Crippen LogP contribution is 2.15. The van der Waals surface area contributed by atoms with Crippen LogP contribution in [-0.2, 0) is 0 Å². The Balaban J connectivity index is 0. The molecule has 0 unspecified atom stereocenters. The molecule has 4 heteroatoms. The van der Waals surface area contributed by atoms with E-state index in [1.807, 2.05) is 0 Å². The van der Waals surface area contributed by atoms with Gasteiger partial charge in [-0.05, 0) is 36.7 Å². The van der Waals surface area contributed by atoms with Crippen LogP contribution in [0.5, 0.6) is 0 Å². The van der Waals surface area contributed by atoms with E-state index in [1.54, 1.807) is 0 Å². The summed E-state index contributed by atoms with van der Waals surface area (Å²) >= 11 is 2.44.